The van der Waals surface area contributed by atoms with Gasteiger partial charge in [0.15, 0.2) is 0 Å². The van der Waals surface area contributed by atoms with Crippen LogP contribution in [0.3, 0.4) is 0 Å². The second kappa shape index (κ2) is 9.38. The van der Waals surface area contributed by atoms with Crippen molar-refractivity contribution in [1.29, 1.82) is 0 Å². The van der Waals surface area contributed by atoms with E-state index in [-0.39, 0.29) is 29.3 Å². The Labute approximate surface area is 184 Å². The number of nitrogens with one attached hydrogen (secondary N) is 1. The van der Waals surface area contributed by atoms with Crippen molar-refractivity contribution in [3.63, 3.8) is 0 Å². The van der Waals surface area contributed by atoms with Gasteiger partial charge in [0, 0.05) is 19.2 Å². The van der Waals surface area contributed by atoms with Gasteiger partial charge in [-0.1, -0.05) is 49.4 Å². The molecule has 0 aliphatic heterocycles. The molecule has 0 radical (unpaired) electrons. The van der Waals surface area contributed by atoms with Crippen LogP contribution in [0.4, 0.5) is 0 Å². The number of aromatic amines is 1. The van der Waals surface area contributed by atoms with Crippen molar-refractivity contribution >= 4 is 16.8 Å². The lowest BCUT2D eigenvalue weighted by molar-refractivity contribution is 0.0716. The number of carbonyl (C=O) groups excluding carboxylic acids is 1. The summed E-state index contributed by atoms with van der Waals surface area (Å²) in [7, 11) is 0. The summed E-state index contributed by atoms with van der Waals surface area (Å²) in [5, 5.41) is 4.75. The number of hydrogen-bond acceptors (Lipinski definition) is 5. The van der Waals surface area contributed by atoms with Crippen LogP contribution < -0.4 is 11.1 Å². The summed E-state index contributed by atoms with van der Waals surface area (Å²) in [5.41, 5.74) is 1.14. The third kappa shape index (κ3) is 4.64. The number of hydrogen-bond donors (Lipinski definition) is 1. The molecule has 32 heavy (non-hydrogen) atoms. The molecule has 2 aromatic carbocycles. The number of amides is 1. The van der Waals surface area contributed by atoms with Crippen LogP contribution in [0, 0.1) is 0 Å². The Hall–Kier alpha value is -4.07. The summed E-state index contributed by atoms with van der Waals surface area (Å²) >= 11 is 0. The van der Waals surface area contributed by atoms with E-state index in [2.05, 4.69) is 15.1 Å². The fraction of sp³-hybridized carbons (Fsp3) is 0.208. The molecule has 2 aromatic heterocycles. The average molecular weight is 429 g/mol. The zero-order chi connectivity index (χ0) is 22.5. The molecule has 1 amide bonds. The lowest BCUT2D eigenvalue weighted by Gasteiger charge is -2.22. The van der Waals surface area contributed by atoms with Crippen molar-refractivity contribution in [2.45, 2.75) is 33.0 Å². The Morgan fingerprint density at radius 3 is 2.50 bits per heavy atom. The first-order valence-electron chi connectivity index (χ1n) is 10.4. The molecule has 1 N–H and O–H groups in total. The number of aryl methyl sites for hydroxylation is 1. The van der Waals surface area contributed by atoms with Crippen molar-refractivity contribution in [3.05, 3.63) is 105 Å². The number of para-hydroxylation sites is 1. The van der Waals surface area contributed by atoms with Crippen LogP contribution in [0.25, 0.3) is 10.9 Å². The monoisotopic (exact) mass is 429 g/mol. The molecule has 4 rings (SSSR count). The van der Waals surface area contributed by atoms with Crippen LogP contribution >= 0.6 is 0 Å². The van der Waals surface area contributed by atoms with Gasteiger partial charge >= 0.3 is 0 Å². The SMILES string of the molecule is CCCn1nc(C(=O)N(Cc2ccccc2)Cc2nc3ccccc3c(=O)[nH]2)ccc1=O. The number of carbonyl (C=O) groups is 1. The van der Waals surface area contributed by atoms with Crippen LogP contribution in [0.5, 0.6) is 0 Å². The van der Waals surface area contributed by atoms with Crippen LogP contribution in [0.1, 0.15) is 35.2 Å². The van der Waals surface area contributed by atoms with E-state index in [9.17, 15) is 14.4 Å². The predicted molar refractivity (Wildman–Crippen MR) is 121 cm³/mol. The zero-order valence-corrected chi connectivity index (χ0v) is 17.7. The number of benzene rings is 2. The first-order chi connectivity index (χ1) is 15.5. The van der Waals surface area contributed by atoms with Crippen molar-refractivity contribution < 1.29 is 4.79 Å². The zero-order valence-electron chi connectivity index (χ0n) is 17.7. The smallest absolute Gasteiger partial charge is 0.275 e. The number of rotatable bonds is 7. The van der Waals surface area contributed by atoms with E-state index in [0.29, 0.717) is 29.8 Å². The van der Waals surface area contributed by atoms with Gasteiger partial charge in [-0.3, -0.25) is 14.4 Å². The summed E-state index contributed by atoms with van der Waals surface area (Å²) in [6.45, 7) is 2.75. The van der Waals surface area contributed by atoms with E-state index in [1.54, 1.807) is 23.1 Å². The highest BCUT2D eigenvalue weighted by Crippen LogP contribution is 2.13. The van der Waals surface area contributed by atoms with Crippen LogP contribution in [0.2, 0.25) is 0 Å². The third-order valence-corrected chi connectivity index (χ3v) is 5.03. The van der Waals surface area contributed by atoms with E-state index >= 15 is 0 Å². The second-order valence-electron chi connectivity index (χ2n) is 7.46. The quantitative estimate of drug-likeness (QED) is 0.487. The van der Waals surface area contributed by atoms with E-state index in [4.69, 9.17) is 0 Å². The highest BCUT2D eigenvalue weighted by atomic mass is 16.2. The van der Waals surface area contributed by atoms with Gasteiger partial charge < -0.3 is 9.88 Å². The number of fused-ring (bicyclic) bond motifs is 1. The lowest BCUT2D eigenvalue weighted by Crippen LogP contribution is -2.34. The molecule has 0 atom stereocenters. The molecule has 2 heterocycles. The Morgan fingerprint density at radius 2 is 1.72 bits per heavy atom. The highest BCUT2D eigenvalue weighted by Gasteiger charge is 2.20. The van der Waals surface area contributed by atoms with Crippen molar-refractivity contribution in [1.82, 2.24) is 24.6 Å². The summed E-state index contributed by atoms with van der Waals surface area (Å²) in [5.74, 6) is 0.0226. The first kappa shape index (κ1) is 21.2. The Morgan fingerprint density at radius 1 is 0.969 bits per heavy atom. The van der Waals surface area contributed by atoms with Gasteiger partial charge in [-0.2, -0.15) is 5.10 Å². The van der Waals surface area contributed by atoms with Crippen LogP contribution in [0.15, 0.2) is 76.3 Å². The van der Waals surface area contributed by atoms with E-state index < -0.39 is 0 Å². The van der Waals surface area contributed by atoms with Gasteiger partial charge in [-0.25, -0.2) is 9.67 Å². The third-order valence-electron chi connectivity index (χ3n) is 5.03. The molecule has 0 fully saturated rings. The molecule has 0 spiro atoms. The maximum Gasteiger partial charge on any atom is 0.275 e. The minimum absolute atomic E-state index is 0.0857. The molecule has 0 aliphatic rings. The molecule has 0 saturated heterocycles. The molecule has 0 bridgehead atoms. The first-order valence-corrected chi connectivity index (χ1v) is 10.4. The van der Waals surface area contributed by atoms with Gasteiger partial charge in [0.2, 0.25) is 0 Å². The van der Waals surface area contributed by atoms with Crippen LogP contribution in [-0.2, 0) is 19.6 Å². The standard InChI is InChI=1S/C24H23N5O3/c1-2-14-29-22(30)13-12-20(27-29)24(32)28(15-17-8-4-3-5-9-17)16-21-25-19-11-7-6-10-18(19)23(31)26-21/h3-13H,2,14-16H2,1H3,(H,25,26,31). The molecular weight excluding hydrogens is 406 g/mol. The average Bonchev–Trinajstić information content (AvgIpc) is 2.80. The molecule has 8 heteroatoms. The summed E-state index contributed by atoms with van der Waals surface area (Å²) in [4.78, 5) is 46.8. The molecule has 0 saturated carbocycles. The summed E-state index contributed by atoms with van der Waals surface area (Å²) in [6, 6.07) is 19.4. The lowest BCUT2D eigenvalue weighted by atomic mass is 10.2. The van der Waals surface area contributed by atoms with Gasteiger partial charge in [-0.05, 0) is 30.2 Å². The minimum Gasteiger partial charge on any atom is -0.325 e. The summed E-state index contributed by atoms with van der Waals surface area (Å²) < 4.78 is 1.30. The molecule has 8 nitrogen and oxygen atoms in total. The molecule has 4 aromatic rings. The maximum atomic E-state index is 13.4. The molecular formula is C24H23N5O3. The van der Waals surface area contributed by atoms with Gasteiger partial charge in [0.25, 0.3) is 17.0 Å². The fourth-order valence-corrected chi connectivity index (χ4v) is 3.49. The fourth-order valence-electron chi connectivity index (χ4n) is 3.49. The summed E-state index contributed by atoms with van der Waals surface area (Å²) in [6.07, 6.45) is 0.723. The molecule has 0 aliphatic carbocycles. The topological polar surface area (TPSA) is 101 Å². The Balaban J connectivity index is 1.70. The van der Waals surface area contributed by atoms with E-state index in [1.165, 1.54) is 16.8 Å². The number of aromatic nitrogens is 4. The van der Waals surface area contributed by atoms with Gasteiger partial charge in [0.05, 0.1) is 17.4 Å². The molecule has 162 valence electrons. The van der Waals surface area contributed by atoms with E-state index in [0.717, 1.165) is 12.0 Å². The largest absolute Gasteiger partial charge is 0.325 e. The van der Waals surface area contributed by atoms with Gasteiger partial charge in [0.1, 0.15) is 11.5 Å². The predicted octanol–water partition coefficient (Wildman–Crippen LogP) is 2.73. The van der Waals surface area contributed by atoms with Crippen molar-refractivity contribution in [3.8, 4) is 0 Å². The molecule has 0 unspecified atom stereocenters. The minimum atomic E-state index is -0.352. The number of nitrogens with zero attached hydrogens (tertiary/aromatic N) is 4. The van der Waals surface area contributed by atoms with Crippen molar-refractivity contribution in [2.75, 3.05) is 0 Å². The Bertz CT molecular complexity index is 1360. The Kier molecular flexibility index (Phi) is 6.21. The normalized spacial score (nSPS) is 10.9. The van der Waals surface area contributed by atoms with Crippen molar-refractivity contribution in [2.24, 2.45) is 0 Å². The second-order valence-corrected chi connectivity index (χ2v) is 7.46. The van der Waals surface area contributed by atoms with Gasteiger partial charge in [-0.15, -0.1) is 0 Å². The maximum absolute atomic E-state index is 13.4. The number of H-pyrrole nitrogens is 1. The highest BCUT2D eigenvalue weighted by molar-refractivity contribution is 5.92. The van der Waals surface area contributed by atoms with Crippen LogP contribution in [-0.4, -0.2) is 30.6 Å². The van der Waals surface area contributed by atoms with E-state index in [1.807, 2.05) is 43.3 Å².